The van der Waals surface area contributed by atoms with Crippen molar-refractivity contribution in [3.8, 4) is 11.5 Å². The van der Waals surface area contributed by atoms with Crippen molar-refractivity contribution in [3.05, 3.63) is 53.6 Å². The topological polar surface area (TPSA) is 47.6 Å². The van der Waals surface area contributed by atoms with E-state index in [0.717, 1.165) is 12.0 Å². The van der Waals surface area contributed by atoms with Crippen molar-refractivity contribution in [2.24, 2.45) is 0 Å². The van der Waals surface area contributed by atoms with Gasteiger partial charge in [-0.05, 0) is 30.2 Å². The van der Waals surface area contributed by atoms with Gasteiger partial charge in [-0.1, -0.05) is 25.1 Å². The van der Waals surface area contributed by atoms with Crippen LogP contribution in [0.15, 0.2) is 42.5 Å². The average Bonchev–Trinajstić information content (AvgIpc) is 2.54. The van der Waals surface area contributed by atoms with Crippen LogP contribution < -0.4 is 14.8 Å². The number of hydrogen-bond acceptors (Lipinski definition) is 3. The minimum atomic E-state index is -0.154. The fourth-order valence-corrected chi connectivity index (χ4v) is 2.15. The van der Waals surface area contributed by atoms with Gasteiger partial charge in [0.15, 0.2) is 0 Å². The van der Waals surface area contributed by atoms with Crippen LogP contribution in [0.1, 0.15) is 22.8 Å². The zero-order valence-corrected chi connectivity index (χ0v) is 12.5. The molecule has 0 aliphatic heterocycles. The van der Waals surface area contributed by atoms with Crippen molar-refractivity contribution in [2.75, 3.05) is 19.5 Å². The van der Waals surface area contributed by atoms with Crippen LogP contribution in [0, 0.1) is 0 Å². The minimum absolute atomic E-state index is 0.154. The van der Waals surface area contributed by atoms with E-state index in [9.17, 15) is 4.79 Å². The van der Waals surface area contributed by atoms with Crippen molar-refractivity contribution in [2.45, 2.75) is 13.3 Å². The molecular formula is C17H19NO3. The van der Waals surface area contributed by atoms with Gasteiger partial charge in [0.1, 0.15) is 11.5 Å². The number of rotatable bonds is 5. The lowest BCUT2D eigenvalue weighted by atomic mass is 10.0. The number of hydrogen-bond donors (Lipinski definition) is 1. The highest BCUT2D eigenvalue weighted by Crippen LogP contribution is 2.29. The molecule has 2 aromatic carbocycles. The maximum absolute atomic E-state index is 12.5. The molecule has 0 radical (unpaired) electrons. The Hall–Kier alpha value is -2.49. The Morgan fingerprint density at radius 3 is 2.52 bits per heavy atom. The molecule has 0 unspecified atom stereocenters. The molecule has 1 amide bonds. The van der Waals surface area contributed by atoms with Crippen molar-refractivity contribution >= 4 is 11.6 Å². The second kappa shape index (κ2) is 6.79. The maximum Gasteiger partial charge on any atom is 0.256 e. The van der Waals surface area contributed by atoms with E-state index in [1.165, 1.54) is 0 Å². The van der Waals surface area contributed by atoms with E-state index < -0.39 is 0 Å². The van der Waals surface area contributed by atoms with E-state index in [4.69, 9.17) is 9.47 Å². The Kier molecular flexibility index (Phi) is 4.82. The summed E-state index contributed by atoms with van der Waals surface area (Å²) < 4.78 is 10.4. The first kappa shape index (κ1) is 14.9. The molecule has 0 saturated heterocycles. The number of benzene rings is 2. The maximum atomic E-state index is 12.5. The quantitative estimate of drug-likeness (QED) is 0.914. The molecule has 4 nitrogen and oxygen atoms in total. The van der Waals surface area contributed by atoms with Crippen molar-refractivity contribution in [3.63, 3.8) is 0 Å². The first-order chi connectivity index (χ1) is 10.2. The number of aryl methyl sites for hydroxylation is 1. The third kappa shape index (κ3) is 3.34. The number of carbonyl (C=O) groups is 1. The number of nitrogens with one attached hydrogen (secondary N) is 1. The van der Waals surface area contributed by atoms with Crippen LogP contribution in [0.25, 0.3) is 0 Å². The number of anilines is 1. The molecule has 0 spiro atoms. The molecule has 2 rings (SSSR count). The average molecular weight is 285 g/mol. The van der Waals surface area contributed by atoms with Crippen LogP contribution >= 0.6 is 0 Å². The Balaban J connectivity index is 2.30. The predicted octanol–water partition coefficient (Wildman–Crippen LogP) is 3.52. The Labute approximate surface area is 124 Å². The molecule has 0 saturated carbocycles. The fraction of sp³-hybridized carbons (Fsp3) is 0.235. The SMILES string of the molecule is CCc1ccccc1C(=O)Nc1cc(OC)ccc1OC. The fourth-order valence-electron chi connectivity index (χ4n) is 2.15. The van der Waals surface area contributed by atoms with Crippen molar-refractivity contribution in [1.29, 1.82) is 0 Å². The van der Waals surface area contributed by atoms with E-state index >= 15 is 0 Å². The van der Waals surface area contributed by atoms with Gasteiger partial charge in [0.2, 0.25) is 0 Å². The number of methoxy groups -OCH3 is 2. The smallest absolute Gasteiger partial charge is 0.256 e. The van der Waals surface area contributed by atoms with Gasteiger partial charge in [-0.2, -0.15) is 0 Å². The zero-order valence-electron chi connectivity index (χ0n) is 12.5. The van der Waals surface area contributed by atoms with E-state index in [-0.39, 0.29) is 5.91 Å². The van der Waals surface area contributed by atoms with Gasteiger partial charge in [-0.15, -0.1) is 0 Å². The summed E-state index contributed by atoms with van der Waals surface area (Å²) in [5.74, 6) is 1.10. The van der Waals surface area contributed by atoms with E-state index in [0.29, 0.717) is 22.7 Å². The molecule has 2 aromatic rings. The van der Waals surface area contributed by atoms with Crippen molar-refractivity contribution < 1.29 is 14.3 Å². The van der Waals surface area contributed by atoms with Gasteiger partial charge >= 0.3 is 0 Å². The van der Waals surface area contributed by atoms with Gasteiger partial charge < -0.3 is 14.8 Å². The summed E-state index contributed by atoms with van der Waals surface area (Å²) in [6.07, 6.45) is 0.804. The molecule has 21 heavy (non-hydrogen) atoms. The van der Waals surface area contributed by atoms with Crippen molar-refractivity contribution in [1.82, 2.24) is 0 Å². The molecule has 0 aromatic heterocycles. The van der Waals surface area contributed by atoms with Gasteiger partial charge in [-0.3, -0.25) is 4.79 Å². The summed E-state index contributed by atoms with van der Waals surface area (Å²) in [6, 6.07) is 12.9. The predicted molar refractivity (Wildman–Crippen MR) is 83.3 cm³/mol. The molecule has 0 atom stereocenters. The molecule has 1 N–H and O–H groups in total. The normalized spacial score (nSPS) is 10.0. The second-order valence-corrected chi connectivity index (χ2v) is 4.53. The van der Waals surface area contributed by atoms with Gasteiger partial charge in [-0.25, -0.2) is 0 Å². The van der Waals surface area contributed by atoms with Crippen LogP contribution in [0.2, 0.25) is 0 Å². The van der Waals surface area contributed by atoms with Crippen LogP contribution in [-0.4, -0.2) is 20.1 Å². The molecule has 0 bridgehead atoms. The monoisotopic (exact) mass is 285 g/mol. The summed E-state index contributed by atoms with van der Waals surface area (Å²) in [4.78, 5) is 12.5. The highest BCUT2D eigenvalue weighted by atomic mass is 16.5. The Morgan fingerprint density at radius 2 is 1.86 bits per heavy atom. The molecule has 0 aliphatic rings. The van der Waals surface area contributed by atoms with E-state index in [1.807, 2.05) is 31.2 Å². The third-order valence-corrected chi connectivity index (χ3v) is 3.30. The lowest BCUT2D eigenvalue weighted by Crippen LogP contribution is -2.14. The summed E-state index contributed by atoms with van der Waals surface area (Å²) in [6.45, 7) is 2.03. The molecular weight excluding hydrogens is 266 g/mol. The molecule has 0 heterocycles. The standard InChI is InChI=1S/C17H19NO3/c1-4-12-7-5-6-8-14(12)17(19)18-15-11-13(20-2)9-10-16(15)21-3/h5-11H,4H2,1-3H3,(H,18,19). The Morgan fingerprint density at radius 1 is 1.10 bits per heavy atom. The lowest BCUT2D eigenvalue weighted by molar-refractivity contribution is 0.102. The first-order valence-electron chi connectivity index (χ1n) is 6.80. The second-order valence-electron chi connectivity index (χ2n) is 4.53. The van der Waals surface area contributed by atoms with Gasteiger partial charge in [0.05, 0.1) is 19.9 Å². The third-order valence-electron chi connectivity index (χ3n) is 3.30. The minimum Gasteiger partial charge on any atom is -0.497 e. The van der Waals surface area contributed by atoms with Gasteiger partial charge in [0.25, 0.3) is 5.91 Å². The number of amides is 1. The van der Waals surface area contributed by atoms with Crippen LogP contribution in [-0.2, 0) is 6.42 Å². The zero-order chi connectivity index (χ0) is 15.2. The molecule has 0 fully saturated rings. The summed E-state index contributed by atoms with van der Waals surface area (Å²) >= 11 is 0. The number of ether oxygens (including phenoxy) is 2. The highest BCUT2D eigenvalue weighted by molar-refractivity contribution is 6.06. The van der Waals surface area contributed by atoms with E-state index in [1.54, 1.807) is 32.4 Å². The van der Waals surface area contributed by atoms with Crippen LogP contribution in [0.3, 0.4) is 0 Å². The summed E-state index contributed by atoms with van der Waals surface area (Å²) in [7, 11) is 3.15. The molecule has 110 valence electrons. The molecule has 4 heteroatoms. The van der Waals surface area contributed by atoms with Gasteiger partial charge in [0, 0.05) is 11.6 Å². The summed E-state index contributed by atoms with van der Waals surface area (Å²) in [5, 5.41) is 2.88. The van der Waals surface area contributed by atoms with Crippen LogP contribution in [0.5, 0.6) is 11.5 Å². The first-order valence-corrected chi connectivity index (χ1v) is 6.80. The largest absolute Gasteiger partial charge is 0.497 e. The van der Waals surface area contributed by atoms with E-state index in [2.05, 4.69) is 5.32 Å². The summed E-state index contributed by atoms with van der Waals surface area (Å²) in [5.41, 5.74) is 2.27. The Bertz CT molecular complexity index is 638. The van der Waals surface area contributed by atoms with Crippen LogP contribution in [0.4, 0.5) is 5.69 Å². The number of carbonyl (C=O) groups excluding carboxylic acids is 1. The lowest BCUT2D eigenvalue weighted by Gasteiger charge is -2.13. The highest BCUT2D eigenvalue weighted by Gasteiger charge is 2.13. The molecule has 0 aliphatic carbocycles.